The third kappa shape index (κ3) is 2.55. The minimum atomic E-state index is -0.153. The lowest BCUT2D eigenvalue weighted by Crippen LogP contribution is -2.09. The summed E-state index contributed by atoms with van der Waals surface area (Å²) in [7, 11) is 0. The first-order chi connectivity index (χ1) is 7.25. The molecule has 0 saturated heterocycles. The first-order valence-corrected chi connectivity index (χ1v) is 5.38. The number of hydrogen-bond acceptors (Lipinski definition) is 3. The molecule has 0 bridgehead atoms. The lowest BCUT2D eigenvalue weighted by atomic mass is 10.3. The molecule has 15 heavy (non-hydrogen) atoms. The Morgan fingerprint density at radius 1 is 1.27 bits per heavy atom. The molecule has 0 fully saturated rings. The summed E-state index contributed by atoms with van der Waals surface area (Å²) in [5, 5.41) is 3.39. The predicted molar refractivity (Wildman–Crippen MR) is 61.5 cm³/mol. The van der Waals surface area contributed by atoms with E-state index < -0.39 is 0 Å². The van der Waals surface area contributed by atoms with Crippen molar-refractivity contribution in [2.24, 2.45) is 0 Å². The second kappa shape index (κ2) is 4.42. The van der Waals surface area contributed by atoms with Crippen molar-refractivity contribution in [2.45, 2.75) is 0 Å². The predicted octanol–water partition coefficient (Wildman–Crippen LogP) is 3.05. The van der Waals surface area contributed by atoms with Gasteiger partial charge in [0.2, 0.25) is 0 Å². The third-order valence-corrected chi connectivity index (χ3v) is 2.76. The van der Waals surface area contributed by atoms with Crippen LogP contribution in [0, 0.1) is 0 Å². The second-order valence-electron chi connectivity index (χ2n) is 2.84. The number of amides is 1. The zero-order chi connectivity index (χ0) is 10.7. The standard InChI is InChI=1S/C10H7ClN2OS/c11-7-1-3-8(4-2-7)13-10(14)9-5-6-12-15-9/h1-6H,(H,13,14). The van der Waals surface area contributed by atoms with Crippen LogP contribution in [0.3, 0.4) is 0 Å². The highest BCUT2D eigenvalue weighted by Gasteiger charge is 2.06. The normalized spacial score (nSPS) is 9.93. The number of benzene rings is 1. The minimum absolute atomic E-state index is 0.153. The molecule has 0 aliphatic rings. The van der Waals surface area contributed by atoms with Gasteiger partial charge in [-0.25, -0.2) is 4.37 Å². The smallest absolute Gasteiger partial charge is 0.267 e. The first kappa shape index (κ1) is 10.1. The van der Waals surface area contributed by atoms with Gasteiger partial charge in [0.05, 0.1) is 0 Å². The van der Waals surface area contributed by atoms with Crippen LogP contribution >= 0.6 is 23.1 Å². The van der Waals surface area contributed by atoms with E-state index >= 15 is 0 Å². The molecule has 1 heterocycles. The lowest BCUT2D eigenvalue weighted by Gasteiger charge is -2.02. The highest BCUT2D eigenvalue weighted by molar-refractivity contribution is 7.08. The monoisotopic (exact) mass is 238 g/mol. The van der Waals surface area contributed by atoms with Gasteiger partial charge in [0.1, 0.15) is 4.88 Å². The molecule has 3 nitrogen and oxygen atoms in total. The van der Waals surface area contributed by atoms with Gasteiger partial charge in [0.15, 0.2) is 0 Å². The summed E-state index contributed by atoms with van der Waals surface area (Å²) in [6, 6.07) is 8.63. The van der Waals surface area contributed by atoms with E-state index in [0.717, 1.165) is 5.69 Å². The molecule has 2 rings (SSSR count). The number of rotatable bonds is 2. The summed E-state index contributed by atoms with van der Waals surface area (Å²) in [6.07, 6.45) is 1.60. The molecular formula is C10H7ClN2OS. The van der Waals surface area contributed by atoms with Crippen molar-refractivity contribution in [3.63, 3.8) is 0 Å². The summed E-state index contributed by atoms with van der Waals surface area (Å²) < 4.78 is 3.86. The molecule has 1 N–H and O–H groups in total. The van der Waals surface area contributed by atoms with Gasteiger partial charge in [-0.3, -0.25) is 4.79 Å². The Morgan fingerprint density at radius 2 is 2.00 bits per heavy atom. The number of anilines is 1. The molecule has 0 radical (unpaired) electrons. The number of hydrogen-bond donors (Lipinski definition) is 1. The van der Waals surface area contributed by atoms with E-state index in [9.17, 15) is 4.79 Å². The molecule has 0 aliphatic heterocycles. The van der Waals surface area contributed by atoms with Gasteiger partial charge in [-0.1, -0.05) is 11.6 Å². The fraction of sp³-hybridized carbons (Fsp3) is 0. The average Bonchev–Trinajstić information content (AvgIpc) is 2.74. The van der Waals surface area contributed by atoms with Crippen molar-refractivity contribution in [2.75, 3.05) is 5.32 Å². The van der Waals surface area contributed by atoms with Gasteiger partial charge in [-0.15, -0.1) is 0 Å². The van der Waals surface area contributed by atoms with E-state index in [1.165, 1.54) is 11.5 Å². The number of halogens is 1. The molecule has 1 aromatic carbocycles. The number of carbonyl (C=O) groups excluding carboxylic acids is 1. The Labute approximate surface area is 95.9 Å². The Bertz CT molecular complexity index is 453. The summed E-state index contributed by atoms with van der Waals surface area (Å²) in [4.78, 5) is 12.2. The topological polar surface area (TPSA) is 42.0 Å². The van der Waals surface area contributed by atoms with E-state index in [2.05, 4.69) is 9.69 Å². The fourth-order valence-corrected chi connectivity index (χ4v) is 1.68. The zero-order valence-electron chi connectivity index (χ0n) is 7.61. The van der Waals surface area contributed by atoms with Crippen LogP contribution in [-0.2, 0) is 0 Å². The summed E-state index contributed by atoms with van der Waals surface area (Å²) in [5.41, 5.74) is 0.720. The molecule has 0 unspecified atom stereocenters. The van der Waals surface area contributed by atoms with Gasteiger partial charge in [0.25, 0.3) is 5.91 Å². The fourth-order valence-electron chi connectivity index (χ4n) is 1.06. The van der Waals surface area contributed by atoms with Crippen LogP contribution in [0.4, 0.5) is 5.69 Å². The molecule has 1 amide bonds. The van der Waals surface area contributed by atoms with Crippen molar-refractivity contribution < 1.29 is 4.79 Å². The molecule has 5 heteroatoms. The van der Waals surface area contributed by atoms with Gasteiger partial charge in [-0.2, -0.15) is 0 Å². The average molecular weight is 239 g/mol. The summed E-state index contributed by atoms with van der Waals surface area (Å²) in [6.45, 7) is 0. The number of carbonyl (C=O) groups is 1. The molecule has 0 saturated carbocycles. The van der Waals surface area contributed by atoms with Crippen LogP contribution in [0.1, 0.15) is 9.67 Å². The van der Waals surface area contributed by atoms with Crippen molar-refractivity contribution >= 4 is 34.7 Å². The van der Waals surface area contributed by atoms with Crippen LogP contribution < -0.4 is 5.32 Å². The lowest BCUT2D eigenvalue weighted by molar-refractivity contribution is 0.103. The zero-order valence-corrected chi connectivity index (χ0v) is 9.18. The Hall–Kier alpha value is -1.39. The highest BCUT2D eigenvalue weighted by Crippen LogP contribution is 2.15. The number of nitrogens with one attached hydrogen (secondary N) is 1. The molecule has 0 aliphatic carbocycles. The van der Waals surface area contributed by atoms with E-state index in [-0.39, 0.29) is 5.91 Å². The van der Waals surface area contributed by atoms with Gasteiger partial charge in [-0.05, 0) is 41.9 Å². The maximum absolute atomic E-state index is 11.6. The second-order valence-corrected chi connectivity index (χ2v) is 4.11. The largest absolute Gasteiger partial charge is 0.321 e. The van der Waals surface area contributed by atoms with Crippen molar-refractivity contribution in [3.8, 4) is 0 Å². The van der Waals surface area contributed by atoms with Crippen LogP contribution in [0.25, 0.3) is 0 Å². The molecule has 76 valence electrons. The van der Waals surface area contributed by atoms with Crippen LogP contribution in [-0.4, -0.2) is 10.3 Å². The quantitative estimate of drug-likeness (QED) is 0.874. The summed E-state index contributed by atoms with van der Waals surface area (Å²) >= 11 is 6.89. The molecule has 2 aromatic rings. The highest BCUT2D eigenvalue weighted by atomic mass is 35.5. The van der Waals surface area contributed by atoms with Crippen LogP contribution in [0.2, 0.25) is 5.02 Å². The SMILES string of the molecule is O=C(Nc1ccc(Cl)cc1)c1ccns1. The summed E-state index contributed by atoms with van der Waals surface area (Å²) in [5.74, 6) is -0.153. The molecular weight excluding hydrogens is 232 g/mol. The van der Waals surface area contributed by atoms with Crippen molar-refractivity contribution in [1.82, 2.24) is 4.37 Å². The van der Waals surface area contributed by atoms with Crippen molar-refractivity contribution in [3.05, 3.63) is 46.4 Å². The van der Waals surface area contributed by atoms with E-state index in [4.69, 9.17) is 11.6 Å². The Balaban J connectivity index is 2.09. The third-order valence-electron chi connectivity index (χ3n) is 1.76. The van der Waals surface area contributed by atoms with E-state index in [0.29, 0.717) is 9.90 Å². The number of nitrogens with zero attached hydrogens (tertiary/aromatic N) is 1. The molecule has 1 aromatic heterocycles. The number of aromatic nitrogens is 1. The molecule has 0 spiro atoms. The van der Waals surface area contributed by atoms with Crippen LogP contribution in [0.5, 0.6) is 0 Å². The van der Waals surface area contributed by atoms with Crippen molar-refractivity contribution in [1.29, 1.82) is 0 Å². The maximum Gasteiger partial charge on any atom is 0.267 e. The van der Waals surface area contributed by atoms with Gasteiger partial charge >= 0.3 is 0 Å². The van der Waals surface area contributed by atoms with E-state index in [1.54, 1.807) is 36.5 Å². The van der Waals surface area contributed by atoms with Gasteiger partial charge in [0, 0.05) is 16.9 Å². The minimum Gasteiger partial charge on any atom is -0.321 e. The Morgan fingerprint density at radius 3 is 2.60 bits per heavy atom. The Kier molecular flexibility index (Phi) is 2.99. The van der Waals surface area contributed by atoms with E-state index in [1.807, 2.05) is 0 Å². The first-order valence-electron chi connectivity index (χ1n) is 4.23. The van der Waals surface area contributed by atoms with Gasteiger partial charge < -0.3 is 5.32 Å². The van der Waals surface area contributed by atoms with Crippen LogP contribution in [0.15, 0.2) is 36.5 Å². The maximum atomic E-state index is 11.6. The molecule has 0 atom stereocenters.